The van der Waals surface area contributed by atoms with E-state index in [1.807, 2.05) is 0 Å². The van der Waals surface area contributed by atoms with E-state index < -0.39 is 11.5 Å². The Bertz CT molecular complexity index is 167. The van der Waals surface area contributed by atoms with Crippen LogP contribution >= 0.6 is 0 Å². The van der Waals surface area contributed by atoms with Crippen molar-refractivity contribution in [1.82, 2.24) is 0 Å². The lowest BCUT2D eigenvalue weighted by atomic mass is 9.85. The van der Waals surface area contributed by atoms with Crippen molar-refractivity contribution < 1.29 is 15.3 Å². The average Bonchev–Trinajstić information content (AvgIpc) is 2.33. The number of hydrogen-bond acceptors (Lipinski definition) is 3. The Morgan fingerprint density at radius 2 is 2.27 bits per heavy atom. The fourth-order valence-electron chi connectivity index (χ4n) is 1.60. The predicted octanol–water partition coefficient (Wildman–Crippen LogP) is 0.582. The molecule has 0 aromatic carbocycles. The first-order valence-corrected chi connectivity index (χ1v) is 3.78. The zero-order valence-electron chi connectivity index (χ0n) is 6.45. The predicted molar refractivity (Wildman–Crippen MR) is 41.1 cm³/mol. The minimum absolute atomic E-state index is 0.00319. The first kappa shape index (κ1) is 8.56. The van der Waals surface area contributed by atoms with E-state index in [1.165, 1.54) is 0 Å². The van der Waals surface area contributed by atoms with Crippen LogP contribution in [0.4, 0.5) is 0 Å². The third-order valence-corrected chi connectivity index (χ3v) is 2.50. The molecule has 0 aromatic rings. The quantitative estimate of drug-likeness (QED) is 0.515. The van der Waals surface area contributed by atoms with E-state index in [1.54, 1.807) is 0 Å². The van der Waals surface area contributed by atoms with Crippen LogP contribution in [0.3, 0.4) is 0 Å². The minimum Gasteiger partial charge on any atom is -0.512 e. The fraction of sp³-hybridized carbons (Fsp3) is 0.750. The summed E-state index contributed by atoms with van der Waals surface area (Å²) in [6, 6.07) is 0. The normalized spacial score (nSPS) is 37.5. The Balaban J connectivity index is 2.70. The summed E-state index contributed by atoms with van der Waals surface area (Å²) >= 11 is 0. The molecule has 0 aliphatic heterocycles. The largest absolute Gasteiger partial charge is 0.512 e. The molecule has 0 heterocycles. The molecule has 1 rings (SSSR count). The van der Waals surface area contributed by atoms with Gasteiger partial charge >= 0.3 is 0 Å². The summed E-state index contributed by atoms with van der Waals surface area (Å²) in [5.41, 5.74) is -0.626. The lowest BCUT2D eigenvalue weighted by Crippen LogP contribution is -2.24. The smallest absolute Gasteiger partial charge is 0.0936 e. The van der Waals surface area contributed by atoms with Crippen molar-refractivity contribution >= 4 is 0 Å². The highest BCUT2D eigenvalue weighted by molar-refractivity contribution is 5.06. The highest BCUT2D eigenvalue weighted by Crippen LogP contribution is 2.41. The van der Waals surface area contributed by atoms with Crippen molar-refractivity contribution in [3.63, 3.8) is 0 Å². The summed E-state index contributed by atoms with van der Waals surface area (Å²) in [7, 11) is 0. The Hall–Kier alpha value is -0.540. The first-order valence-electron chi connectivity index (χ1n) is 3.78. The molecule has 1 aliphatic carbocycles. The molecule has 1 aliphatic rings. The summed E-state index contributed by atoms with van der Waals surface area (Å²) in [5.74, 6) is -0.00319. The van der Waals surface area contributed by atoms with Gasteiger partial charge in [0.1, 0.15) is 0 Å². The summed E-state index contributed by atoms with van der Waals surface area (Å²) < 4.78 is 0. The van der Waals surface area contributed by atoms with Crippen molar-refractivity contribution in [2.45, 2.75) is 25.4 Å². The fourth-order valence-corrected chi connectivity index (χ4v) is 1.60. The molecule has 1 saturated carbocycles. The molecule has 0 aromatic heterocycles. The van der Waals surface area contributed by atoms with Crippen LogP contribution in [0.15, 0.2) is 12.3 Å². The van der Waals surface area contributed by atoms with Crippen LogP contribution in [0.2, 0.25) is 0 Å². The van der Waals surface area contributed by atoms with Crippen molar-refractivity contribution in [2.24, 2.45) is 5.41 Å². The summed E-state index contributed by atoms with van der Waals surface area (Å²) in [6.07, 6.45) is 1.30. The van der Waals surface area contributed by atoms with Gasteiger partial charge in [0, 0.05) is 0 Å². The van der Waals surface area contributed by atoms with Crippen molar-refractivity contribution in [2.75, 3.05) is 6.61 Å². The van der Waals surface area contributed by atoms with Gasteiger partial charge in [0.15, 0.2) is 0 Å². The van der Waals surface area contributed by atoms with Gasteiger partial charge in [-0.25, -0.2) is 0 Å². The minimum atomic E-state index is -0.626. The van der Waals surface area contributed by atoms with Gasteiger partial charge in [0.2, 0.25) is 0 Å². The average molecular weight is 158 g/mol. The molecule has 64 valence electrons. The second kappa shape index (κ2) is 2.83. The Kier molecular flexibility index (Phi) is 2.20. The molecule has 0 spiro atoms. The maximum atomic E-state index is 9.18. The van der Waals surface area contributed by atoms with E-state index >= 15 is 0 Å². The van der Waals surface area contributed by atoms with Gasteiger partial charge in [-0.2, -0.15) is 0 Å². The summed E-state index contributed by atoms with van der Waals surface area (Å²) in [4.78, 5) is 0. The van der Waals surface area contributed by atoms with E-state index in [4.69, 9.17) is 10.2 Å². The maximum Gasteiger partial charge on any atom is 0.0936 e. The summed E-state index contributed by atoms with van der Waals surface area (Å²) in [6.45, 7) is 3.27. The molecular weight excluding hydrogens is 144 g/mol. The van der Waals surface area contributed by atoms with Gasteiger partial charge in [-0.3, -0.25) is 0 Å². The van der Waals surface area contributed by atoms with Crippen LogP contribution in [0.25, 0.3) is 0 Å². The van der Waals surface area contributed by atoms with Gasteiger partial charge in [0.05, 0.1) is 23.9 Å². The molecule has 0 saturated heterocycles. The Morgan fingerprint density at radius 1 is 1.64 bits per heavy atom. The van der Waals surface area contributed by atoms with E-state index in [0.29, 0.717) is 19.3 Å². The van der Waals surface area contributed by atoms with Crippen LogP contribution in [0.1, 0.15) is 19.3 Å². The van der Waals surface area contributed by atoms with Gasteiger partial charge in [-0.05, 0) is 19.3 Å². The number of rotatable bonds is 2. The molecule has 0 amide bonds. The van der Waals surface area contributed by atoms with Gasteiger partial charge < -0.3 is 15.3 Å². The van der Waals surface area contributed by atoms with Crippen molar-refractivity contribution in [3.8, 4) is 0 Å². The van der Waals surface area contributed by atoms with Gasteiger partial charge in [0.25, 0.3) is 0 Å². The third kappa shape index (κ3) is 1.39. The van der Waals surface area contributed by atoms with Crippen LogP contribution < -0.4 is 0 Å². The molecule has 3 nitrogen and oxygen atoms in total. The highest BCUT2D eigenvalue weighted by atomic mass is 16.3. The molecular formula is C8H14O3. The second-order valence-corrected chi connectivity index (χ2v) is 3.28. The maximum absolute atomic E-state index is 9.18. The Labute approximate surface area is 66.0 Å². The lowest BCUT2D eigenvalue weighted by molar-refractivity contribution is 0.0945. The summed E-state index contributed by atoms with van der Waals surface area (Å²) in [5, 5.41) is 27.3. The SMILES string of the molecule is C=C(O)[C@@]1(CO)CC[C@H](O)C1. The zero-order valence-corrected chi connectivity index (χ0v) is 6.45. The molecule has 3 heteroatoms. The molecule has 1 fully saturated rings. The van der Waals surface area contributed by atoms with Gasteiger partial charge in [-0.1, -0.05) is 6.58 Å². The molecule has 11 heavy (non-hydrogen) atoms. The zero-order chi connectivity index (χ0) is 8.48. The van der Waals surface area contributed by atoms with Crippen LogP contribution in [-0.4, -0.2) is 28.0 Å². The first-order chi connectivity index (χ1) is 5.10. The highest BCUT2D eigenvalue weighted by Gasteiger charge is 2.40. The molecule has 0 unspecified atom stereocenters. The third-order valence-electron chi connectivity index (χ3n) is 2.50. The van der Waals surface area contributed by atoms with Crippen molar-refractivity contribution in [1.29, 1.82) is 0 Å². The number of hydrogen-bond donors (Lipinski definition) is 3. The van der Waals surface area contributed by atoms with E-state index in [0.717, 1.165) is 0 Å². The molecule has 2 atom stereocenters. The van der Waals surface area contributed by atoms with E-state index in [-0.39, 0.29) is 12.4 Å². The van der Waals surface area contributed by atoms with Crippen LogP contribution in [-0.2, 0) is 0 Å². The molecule has 0 bridgehead atoms. The topological polar surface area (TPSA) is 60.7 Å². The molecule has 3 N–H and O–H groups in total. The number of aliphatic hydroxyl groups excluding tert-OH is 3. The van der Waals surface area contributed by atoms with Crippen LogP contribution in [0.5, 0.6) is 0 Å². The second-order valence-electron chi connectivity index (χ2n) is 3.28. The number of aliphatic hydroxyl groups is 3. The van der Waals surface area contributed by atoms with Gasteiger partial charge in [-0.15, -0.1) is 0 Å². The Morgan fingerprint density at radius 3 is 2.45 bits per heavy atom. The van der Waals surface area contributed by atoms with Crippen molar-refractivity contribution in [3.05, 3.63) is 12.3 Å². The monoisotopic (exact) mass is 158 g/mol. The van der Waals surface area contributed by atoms with Crippen LogP contribution in [0, 0.1) is 5.41 Å². The standard InChI is InChI=1S/C8H14O3/c1-6(10)8(5-9)3-2-7(11)4-8/h7,9-11H,1-5H2/t7-,8-/m0/s1. The van der Waals surface area contributed by atoms with E-state index in [2.05, 4.69) is 6.58 Å². The van der Waals surface area contributed by atoms with E-state index in [9.17, 15) is 5.11 Å². The lowest BCUT2D eigenvalue weighted by Gasteiger charge is -2.24. The molecule has 0 radical (unpaired) electrons.